The van der Waals surface area contributed by atoms with E-state index < -0.39 is 27.9 Å². The van der Waals surface area contributed by atoms with E-state index in [0.717, 1.165) is 18.4 Å². The summed E-state index contributed by atoms with van der Waals surface area (Å²) in [6, 6.07) is -0.685. The zero-order valence-electron chi connectivity index (χ0n) is 10.2. The fraction of sp³-hybridized carbons (Fsp3) is 0.444. The van der Waals surface area contributed by atoms with Gasteiger partial charge in [0, 0.05) is 12.5 Å². The van der Waals surface area contributed by atoms with Crippen molar-refractivity contribution >= 4 is 33.2 Å². The Morgan fingerprint density at radius 1 is 1.58 bits per heavy atom. The van der Waals surface area contributed by atoms with Crippen LogP contribution in [0.25, 0.3) is 0 Å². The fourth-order valence-electron chi connectivity index (χ4n) is 1.32. The van der Waals surface area contributed by atoms with Gasteiger partial charge in [0.1, 0.15) is 0 Å². The van der Waals surface area contributed by atoms with E-state index in [4.69, 9.17) is 5.73 Å². The molecule has 0 radical (unpaired) electrons. The van der Waals surface area contributed by atoms with Crippen molar-refractivity contribution in [2.45, 2.75) is 23.6 Å². The van der Waals surface area contributed by atoms with E-state index >= 15 is 0 Å². The third-order valence-electron chi connectivity index (χ3n) is 2.02. The molecule has 1 heterocycles. The Hall–Kier alpha value is -1.52. The highest BCUT2D eigenvalue weighted by atomic mass is 32.2. The topological polar surface area (TPSA) is 128 Å². The summed E-state index contributed by atoms with van der Waals surface area (Å²) in [5, 5.41) is 0. The molecule has 0 bridgehead atoms. The molecule has 0 saturated carbocycles. The number of hydrogen-bond acceptors (Lipinski definition) is 7. The molecule has 106 valence electrons. The maximum atomic E-state index is 12.0. The quantitative estimate of drug-likeness (QED) is 0.680. The zero-order chi connectivity index (χ0) is 14.6. The van der Waals surface area contributed by atoms with Crippen LogP contribution in [-0.4, -0.2) is 38.4 Å². The number of nitrogens with zero attached hydrogens (tertiary/aromatic N) is 1. The molecular weight excluding hydrogens is 294 g/mol. The monoisotopic (exact) mass is 307 g/mol. The van der Waals surface area contributed by atoms with E-state index in [-0.39, 0.29) is 16.3 Å². The van der Waals surface area contributed by atoms with Gasteiger partial charge in [0.05, 0.1) is 12.6 Å². The molecule has 1 unspecified atom stereocenters. The number of sulfonamides is 1. The van der Waals surface area contributed by atoms with Gasteiger partial charge in [-0.3, -0.25) is 4.79 Å². The van der Waals surface area contributed by atoms with Crippen molar-refractivity contribution < 1.29 is 22.7 Å². The van der Waals surface area contributed by atoms with Gasteiger partial charge in [0.25, 0.3) is 10.0 Å². The lowest BCUT2D eigenvalue weighted by Gasteiger charge is -2.11. The second-order valence-electron chi connectivity index (χ2n) is 3.67. The Bertz CT molecular complexity index is 580. The number of aromatic nitrogens is 1. The van der Waals surface area contributed by atoms with Crippen molar-refractivity contribution in [3.05, 3.63) is 11.2 Å². The highest BCUT2D eigenvalue weighted by molar-refractivity contribution is 7.91. The van der Waals surface area contributed by atoms with Crippen molar-refractivity contribution in [2.75, 3.05) is 7.11 Å². The first kappa shape index (κ1) is 15.5. The molecule has 0 aromatic carbocycles. The van der Waals surface area contributed by atoms with Gasteiger partial charge >= 0.3 is 5.97 Å². The molecule has 10 heteroatoms. The lowest BCUT2D eigenvalue weighted by atomic mass is 10.2. The van der Waals surface area contributed by atoms with Gasteiger partial charge in [-0.25, -0.2) is 22.9 Å². The van der Waals surface area contributed by atoms with Crippen molar-refractivity contribution in [1.82, 2.24) is 9.71 Å². The van der Waals surface area contributed by atoms with Gasteiger partial charge in [-0.1, -0.05) is 0 Å². The van der Waals surface area contributed by atoms with Crippen molar-refractivity contribution in [2.24, 2.45) is 5.73 Å². The van der Waals surface area contributed by atoms with Gasteiger partial charge in [-0.2, -0.15) is 0 Å². The molecule has 0 fully saturated rings. The van der Waals surface area contributed by atoms with Gasteiger partial charge in [-0.05, 0) is 6.92 Å². The molecule has 0 saturated heterocycles. The fourth-order valence-corrected chi connectivity index (χ4v) is 3.71. The number of carbonyl (C=O) groups excluding carboxylic acids is 2. The summed E-state index contributed by atoms with van der Waals surface area (Å²) in [5.41, 5.74) is 5.91. The van der Waals surface area contributed by atoms with Gasteiger partial charge < -0.3 is 10.5 Å². The normalized spacial score (nSPS) is 12.9. The molecule has 0 aliphatic heterocycles. The molecule has 1 aromatic rings. The molecule has 8 nitrogen and oxygen atoms in total. The van der Waals surface area contributed by atoms with Gasteiger partial charge in [-0.15, -0.1) is 11.3 Å². The Morgan fingerprint density at radius 3 is 2.74 bits per heavy atom. The molecule has 0 spiro atoms. The first-order chi connectivity index (χ1) is 8.77. The van der Waals surface area contributed by atoms with E-state index in [1.165, 1.54) is 12.4 Å². The molecule has 0 aliphatic carbocycles. The first-order valence-electron chi connectivity index (χ1n) is 5.10. The number of thiazole rings is 1. The highest BCUT2D eigenvalue weighted by Gasteiger charge is 2.28. The van der Waals surface area contributed by atoms with Crippen LogP contribution in [0.1, 0.15) is 23.8 Å². The number of hydrogen-bond donors (Lipinski definition) is 2. The minimum absolute atomic E-state index is 0.147. The van der Waals surface area contributed by atoms with Crippen molar-refractivity contribution in [1.29, 1.82) is 0 Å². The van der Waals surface area contributed by atoms with Crippen LogP contribution in [0.4, 0.5) is 0 Å². The number of nitrogens with one attached hydrogen (secondary N) is 1. The third kappa shape index (κ3) is 3.98. The number of nitrogens with two attached hydrogens (primary N) is 1. The molecule has 19 heavy (non-hydrogen) atoms. The maximum Gasteiger partial charge on any atom is 0.358 e. The average Bonchev–Trinajstić information content (AvgIpc) is 2.75. The Morgan fingerprint density at radius 2 is 2.21 bits per heavy atom. The first-order valence-corrected chi connectivity index (χ1v) is 7.46. The highest BCUT2D eigenvalue weighted by Crippen LogP contribution is 2.21. The number of carbonyl (C=O) groups is 2. The van der Waals surface area contributed by atoms with Crippen LogP contribution >= 0.6 is 11.3 Å². The summed E-state index contributed by atoms with van der Waals surface area (Å²) in [6.45, 7) is 1.49. The summed E-state index contributed by atoms with van der Waals surface area (Å²) in [7, 11) is -2.82. The average molecular weight is 307 g/mol. The SMILES string of the molecule is COC(=O)c1ncsc1S(=O)(=O)NC(C)CC(N)=O. The van der Waals surface area contributed by atoms with Crippen LogP contribution in [0.15, 0.2) is 9.72 Å². The summed E-state index contributed by atoms with van der Waals surface area (Å²) in [4.78, 5) is 25.7. The van der Waals surface area contributed by atoms with Crippen LogP contribution in [-0.2, 0) is 19.6 Å². The van der Waals surface area contributed by atoms with Crippen molar-refractivity contribution in [3.63, 3.8) is 0 Å². The lowest BCUT2D eigenvalue weighted by molar-refractivity contribution is -0.118. The van der Waals surface area contributed by atoms with Crippen LogP contribution in [0.3, 0.4) is 0 Å². The molecule has 1 aromatic heterocycles. The predicted octanol–water partition coefficient (Wildman–Crippen LogP) is -0.528. The molecule has 0 aliphatic rings. The molecular formula is C9H13N3O5S2. The summed E-state index contributed by atoms with van der Waals surface area (Å²) in [6.07, 6.45) is -0.147. The van der Waals surface area contributed by atoms with Crippen LogP contribution in [0, 0.1) is 0 Å². The Labute approximate surface area is 114 Å². The third-order valence-corrected chi connectivity index (χ3v) is 4.98. The smallest absolute Gasteiger partial charge is 0.358 e. The second-order valence-corrected chi connectivity index (χ2v) is 6.44. The molecule has 1 amide bonds. The van der Waals surface area contributed by atoms with E-state index in [0.29, 0.717) is 0 Å². The number of primary amides is 1. The van der Waals surface area contributed by atoms with E-state index in [9.17, 15) is 18.0 Å². The number of rotatable bonds is 6. The predicted molar refractivity (Wildman–Crippen MR) is 67.0 cm³/mol. The Balaban J connectivity index is 2.98. The second kappa shape index (κ2) is 6.08. The van der Waals surface area contributed by atoms with Crippen LogP contribution in [0.2, 0.25) is 0 Å². The number of amides is 1. The largest absolute Gasteiger partial charge is 0.464 e. The maximum absolute atomic E-state index is 12.0. The lowest BCUT2D eigenvalue weighted by Crippen LogP contribution is -2.36. The van der Waals surface area contributed by atoms with Crippen molar-refractivity contribution in [3.8, 4) is 0 Å². The number of esters is 1. The summed E-state index contributed by atoms with van der Waals surface area (Å²) < 4.78 is 30.5. The van der Waals surface area contributed by atoms with E-state index in [1.54, 1.807) is 0 Å². The minimum atomic E-state index is -3.95. The van der Waals surface area contributed by atoms with Crippen LogP contribution < -0.4 is 10.5 Å². The van der Waals surface area contributed by atoms with Gasteiger partial charge in [0.2, 0.25) is 5.91 Å². The molecule has 3 N–H and O–H groups in total. The zero-order valence-corrected chi connectivity index (χ0v) is 11.9. The summed E-state index contributed by atoms with van der Waals surface area (Å²) >= 11 is 0.782. The number of methoxy groups -OCH3 is 1. The molecule has 1 atom stereocenters. The minimum Gasteiger partial charge on any atom is -0.464 e. The molecule has 1 rings (SSSR count). The standard InChI is InChI=1S/C9H13N3O5S2/c1-5(3-6(10)13)12-19(15,16)9-7(8(14)17-2)11-4-18-9/h4-5,12H,3H2,1-2H3,(H2,10,13). The number of ether oxygens (including phenoxy) is 1. The van der Waals surface area contributed by atoms with E-state index in [2.05, 4.69) is 14.4 Å². The van der Waals surface area contributed by atoms with Gasteiger partial charge in [0.15, 0.2) is 9.90 Å². The van der Waals surface area contributed by atoms with E-state index in [1.807, 2.05) is 0 Å². The van der Waals surface area contributed by atoms with Crippen LogP contribution in [0.5, 0.6) is 0 Å². The Kier molecular flexibility index (Phi) is 4.97. The summed E-state index contributed by atoms with van der Waals surface area (Å²) in [5.74, 6) is -1.48.